The Kier molecular flexibility index (Phi) is 38.6. The van der Waals surface area contributed by atoms with Crippen molar-refractivity contribution in [1.82, 2.24) is 54.8 Å². The highest BCUT2D eigenvalue weighted by molar-refractivity contribution is 6.31. The second-order valence-corrected chi connectivity index (χ2v) is 38.6. The van der Waals surface area contributed by atoms with E-state index < -0.39 is 29.5 Å². The second-order valence-electron chi connectivity index (χ2n) is 38.2. The number of carbonyl (C=O) groups is 1. The van der Waals surface area contributed by atoms with E-state index in [1.807, 2.05) is 156 Å². The van der Waals surface area contributed by atoms with Crippen LogP contribution in [0.15, 0.2) is 328 Å². The number of benzene rings is 9. The van der Waals surface area contributed by atoms with Crippen molar-refractivity contribution in [3.05, 3.63) is 411 Å². The SMILES string of the molecule is CC(C)c1cccc2[nH]ccc(=O)c12.CC(C)c1cccc2ccc(Cl)cc12.CC(C)c1cccc2ccccc12.CC(C)c1cccc2ccnc(N)c12.CC(C)c1cccc2ncccc12.CC(C)c1ccnc2cc(C(F)(F)F)ccc12.CC(C)c1ccnc2cc(C(F)(F)F)ncc12.CC(C)c1ccnc2ccc(C(N)=O)cc12.CC(C)c1ccnc2ccncc12.CC(C)c1nccc2ccncc12. The number of alkyl halides is 6. The third-order valence-corrected chi connectivity index (χ3v) is 24.7. The maximum atomic E-state index is 12.5. The van der Waals surface area contributed by atoms with E-state index in [1.54, 1.807) is 43.1 Å². The first-order valence-corrected chi connectivity index (χ1v) is 49.1. The van der Waals surface area contributed by atoms with Gasteiger partial charge in [0, 0.05) is 146 Å². The minimum Gasteiger partial charge on any atom is -0.383 e. The number of fused-ring (bicyclic) bond motifs is 10. The summed E-state index contributed by atoms with van der Waals surface area (Å²) in [5.74, 6) is 4.64. The van der Waals surface area contributed by atoms with Crippen LogP contribution in [0.1, 0.15) is 275 Å². The van der Waals surface area contributed by atoms with E-state index in [0.29, 0.717) is 75.1 Å². The van der Waals surface area contributed by atoms with Crippen LogP contribution in [0, 0.1) is 0 Å². The van der Waals surface area contributed by atoms with Gasteiger partial charge < -0.3 is 16.5 Å². The fraction of sp³-hybridized carbons (Fsp3) is 0.262. The number of halogens is 7. The minimum absolute atomic E-state index is 0.100. The Morgan fingerprint density at radius 3 is 1.31 bits per heavy atom. The van der Waals surface area contributed by atoms with Crippen molar-refractivity contribution in [1.29, 1.82) is 0 Å². The molecule has 15 nitrogen and oxygen atoms in total. The average molecular weight is 1960 g/mol. The van der Waals surface area contributed by atoms with Crippen LogP contribution in [0.2, 0.25) is 5.02 Å². The van der Waals surface area contributed by atoms with Crippen molar-refractivity contribution >= 4 is 132 Å². The predicted octanol–water partition coefficient (Wildman–Crippen LogP) is 33.6. The molecule has 0 aliphatic rings. The number of amides is 1. The zero-order chi connectivity index (χ0) is 104. The molecule has 20 aromatic rings. The number of rotatable bonds is 11. The lowest BCUT2D eigenvalue weighted by atomic mass is 9.96. The molecular formula is C122H128ClF6N13O2. The van der Waals surface area contributed by atoms with Gasteiger partial charge in [-0.1, -0.05) is 271 Å². The van der Waals surface area contributed by atoms with Gasteiger partial charge in [0.05, 0.1) is 38.8 Å². The van der Waals surface area contributed by atoms with Gasteiger partial charge in [-0.15, -0.1) is 0 Å². The van der Waals surface area contributed by atoms with Crippen LogP contribution >= 0.6 is 11.6 Å². The normalized spacial score (nSPS) is 11.3. The number of hydrogen-bond donors (Lipinski definition) is 3. The van der Waals surface area contributed by atoms with Crippen LogP contribution < -0.4 is 16.9 Å². The molecule has 0 aliphatic heterocycles. The number of anilines is 1. The number of nitrogens with two attached hydrogens (primary N) is 2. The van der Waals surface area contributed by atoms with Crippen LogP contribution in [-0.2, 0) is 12.4 Å². The third kappa shape index (κ3) is 28.8. The van der Waals surface area contributed by atoms with Gasteiger partial charge in [-0.05, 0) is 257 Å². The number of nitrogens with zero attached hydrogens (tertiary/aromatic N) is 10. The van der Waals surface area contributed by atoms with Gasteiger partial charge in [0.1, 0.15) is 11.5 Å². The summed E-state index contributed by atoms with van der Waals surface area (Å²) in [5.41, 5.74) is 27.1. The number of aromatic nitrogens is 11. The highest BCUT2D eigenvalue weighted by atomic mass is 35.5. The Morgan fingerprint density at radius 1 is 0.306 bits per heavy atom. The van der Waals surface area contributed by atoms with Crippen LogP contribution in [0.4, 0.5) is 32.2 Å². The molecule has 0 atom stereocenters. The lowest BCUT2D eigenvalue weighted by Gasteiger charge is -2.11. The molecule has 0 unspecified atom stereocenters. The van der Waals surface area contributed by atoms with Gasteiger partial charge in [-0.2, -0.15) is 26.3 Å². The fourth-order valence-electron chi connectivity index (χ4n) is 17.1. The molecule has 0 aliphatic carbocycles. The lowest BCUT2D eigenvalue weighted by Crippen LogP contribution is -2.10. The van der Waals surface area contributed by atoms with Crippen molar-refractivity contribution in [2.45, 2.75) is 210 Å². The highest BCUT2D eigenvalue weighted by Gasteiger charge is 2.33. The zero-order valence-corrected chi connectivity index (χ0v) is 86.2. The molecular weight excluding hydrogens is 1830 g/mol. The molecule has 11 aromatic heterocycles. The number of nitrogens with one attached hydrogen (secondary N) is 1. The van der Waals surface area contributed by atoms with Crippen molar-refractivity contribution in [2.75, 3.05) is 5.73 Å². The van der Waals surface area contributed by atoms with Crippen LogP contribution in [0.5, 0.6) is 0 Å². The molecule has 0 bridgehead atoms. The van der Waals surface area contributed by atoms with Crippen molar-refractivity contribution in [3.8, 4) is 0 Å². The molecule has 742 valence electrons. The van der Waals surface area contributed by atoms with Crippen LogP contribution in [0.3, 0.4) is 0 Å². The Labute approximate surface area is 845 Å². The molecule has 144 heavy (non-hydrogen) atoms. The number of primary amides is 1. The average Bonchev–Trinajstić information content (AvgIpc) is 0.794. The molecule has 0 saturated heterocycles. The first-order valence-electron chi connectivity index (χ1n) is 48.7. The number of hydrogen-bond acceptors (Lipinski definition) is 13. The minimum atomic E-state index is -4.43. The molecule has 20 rings (SSSR count). The van der Waals surface area contributed by atoms with Crippen molar-refractivity contribution in [3.63, 3.8) is 0 Å². The first kappa shape index (κ1) is 110. The number of H-pyrrole nitrogens is 1. The molecule has 0 spiro atoms. The summed E-state index contributed by atoms with van der Waals surface area (Å²) in [6, 6.07) is 77.5. The molecule has 0 fully saturated rings. The topological polar surface area (TPSA) is 231 Å². The molecule has 9 aromatic carbocycles. The Balaban J connectivity index is 0.000000153. The monoisotopic (exact) mass is 1960 g/mol. The first-order chi connectivity index (χ1) is 68.6. The Bertz CT molecular complexity index is 7330. The van der Waals surface area contributed by atoms with Gasteiger partial charge in [-0.25, -0.2) is 4.98 Å². The summed E-state index contributed by atoms with van der Waals surface area (Å²) in [6.45, 7) is 42.7. The summed E-state index contributed by atoms with van der Waals surface area (Å²) in [7, 11) is 0. The highest BCUT2D eigenvalue weighted by Crippen LogP contribution is 2.38. The molecule has 1 amide bonds. The number of aromatic amines is 1. The van der Waals surface area contributed by atoms with Gasteiger partial charge >= 0.3 is 12.4 Å². The Hall–Kier alpha value is -14.8. The summed E-state index contributed by atoms with van der Waals surface area (Å²) < 4.78 is 75.1. The summed E-state index contributed by atoms with van der Waals surface area (Å²) in [4.78, 5) is 66.9. The predicted molar refractivity (Wildman–Crippen MR) is 587 cm³/mol. The quantitative estimate of drug-likeness (QED) is 0.102. The van der Waals surface area contributed by atoms with E-state index in [9.17, 15) is 35.9 Å². The van der Waals surface area contributed by atoms with Gasteiger partial charge in [0.2, 0.25) is 5.91 Å². The molecule has 11 heterocycles. The van der Waals surface area contributed by atoms with Crippen LogP contribution in [-0.4, -0.2) is 60.7 Å². The van der Waals surface area contributed by atoms with E-state index in [0.717, 1.165) is 89.2 Å². The summed E-state index contributed by atoms with van der Waals surface area (Å²) in [6.07, 6.45) is 13.7. The lowest BCUT2D eigenvalue weighted by molar-refractivity contribution is -0.141. The van der Waals surface area contributed by atoms with Gasteiger partial charge in [0.25, 0.3) is 0 Å². The van der Waals surface area contributed by atoms with E-state index in [2.05, 4.69) is 281 Å². The van der Waals surface area contributed by atoms with E-state index in [1.165, 1.54) is 100 Å². The van der Waals surface area contributed by atoms with Gasteiger partial charge in [0.15, 0.2) is 5.43 Å². The zero-order valence-electron chi connectivity index (χ0n) is 85.5. The fourth-order valence-corrected chi connectivity index (χ4v) is 17.2. The number of nitrogen functional groups attached to an aromatic ring is 1. The van der Waals surface area contributed by atoms with Crippen molar-refractivity contribution < 1.29 is 31.1 Å². The van der Waals surface area contributed by atoms with Crippen molar-refractivity contribution in [2.24, 2.45) is 5.73 Å². The van der Waals surface area contributed by atoms with Crippen LogP contribution in [0.25, 0.3) is 109 Å². The second kappa shape index (κ2) is 50.7. The smallest absolute Gasteiger partial charge is 0.383 e. The molecule has 0 radical (unpaired) electrons. The summed E-state index contributed by atoms with van der Waals surface area (Å²) >= 11 is 6.00. The van der Waals surface area contributed by atoms with E-state index >= 15 is 0 Å². The third-order valence-electron chi connectivity index (χ3n) is 24.5. The summed E-state index contributed by atoms with van der Waals surface area (Å²) in [5, 5.41) is 16.5. The van der Waals surface area contributed by atoms with Gasteiger partial charge in [-0.3, -0.25) is 54.4 Å². The molecule has 5 N–H and O–H groups in total. The molecule has 0 saturated carbocycles. The van der Waals surface area contributed by atoms with E-state index in [-0.39, 0.29) is 17.3 Å². The standard InChI is InChI=1S/C13H13Cl.C13H12F3N.C13H14N2O.C13H14.C12H11F3N2.C12H14N2.C12H13NO.C12H13N.2C11H12N2/c1-9(2)12-5-3-4-10-6-7-11(14)8-13(10)12;1-8(2)10-5-6-17-12-7-9(13(14,15)16)3-4-11(10)12;1-8(2)10-5-6-15-12-4-3-9(13(14)16)7-11(10)12;1-10(2)12-9-5-7-11-6-3-4-8-13(11)12;1-7(2)8-3-4-16-10-5-11(12(13,14)15)17-6-9(8)10;1-8(2)10-5-3-4-9-6-7-14-12(13)11(9)10;1-8(2)9-4-3-5-10-12(9)11(14)6-7-13-10;1-9(2)10-5-3-7-12-11(10)6-4-8-13-12;1-8(2)9-3-6-13-11-4-5-12-7-10(9)11;1-8(2)11-10-7-12-5-3-9(10)4-6-13-11/h3-9H,1-2H3;3-8H,1-2H3;3-8H,1-2H3,(H2,14,16);3-10H,1-2H3;3-7H,1-2H3;3-8H,1-2H3,(H2,13,14);3-8H,1-2H3,(H,13,14);3-9H,1-2H3;2*3-8H,1-2H3. The maximum absolute atomic E-state index is 12.5. The van der Waals surface area contributed by atoms with E-state index in [4.69, 9.17) is 23.1 Å². The largest absolute Gasteiger partial charge is 0.433 e. The number of carbonyl (C=O) groups excluding carboxylic acids is 1. The Morgan fingerprint density at radius 2 is 0.729 bits per heavy atom. The molecule has 22 heteroatoms. The number of pyridine rings is 11. The maximum Gasteiger partial charge on any atom is 0.433 e.